The zero-order valence-corrected chi connectivity index (χ0v) is 7.19. The molecular formula is C8H12N2O3. The summed E-state index contributed by atoms with van der Waals surface area (Å²) < 4.78 is 0. The summed E-state index contributed by atoms with van der Waals surface area (Å²) in [5, 5.41) is 11.3. The molecule has 0 saturated carbocycles. The molecule has 0 aromatic heterocycles. The van der Waals surface area contributed by atoms with Crippen molar-refractivity contribution in [2.45, 2.75) is 24.9 Å². The van der Waals surface area contributed by atoms with Gasteiger partial charge in [-0.15, -0.1) is 0 Å². The number of carbonyl (C=O) groups excluding carboxylic acids is 2. The summed E-state index contributed by atoms with van der Waals surface area (Å²) in [6, 6.07) is -1.00. The monoisotopic (exact) mass is 184 g/mol. The first-order valence-electron chi connectivity index (χ1n) is 4.46. The summed E-state index contributed by atoms with van der Waals surface area (Å²) in [7, 11) is 0. The molecule has 2 aliphatic heterocycles. The molecule has 5 heteroatoms. The molecule has 2 amide bonds. The summed E-state index contributed by atoms with van der Waals surface area (Å²) in [4.78, 5) is 24.5. The number of hydrogen-bond acceptors (Lipinski definition) is 3. The van der Waals surface area contributed by atoms with Crippen LogP contribution in [0.3, 0.4) is 0 Å². The number of rotatable bonds is 1. The molecule has 5 nitrogen and oxygen atoms in total. The molecule has 72 valence electrons. The summed E-state index contributed by atoms with van der Waals surface area (Å²) >= 11 is 0. The van der Waals surface area contributed by atoms with Gasteiger partial charge in [0.1, 0.15) is 12.1 Å². The van der Waals surface area contributed by atoms with Gasteiger partial charge in [-0.2, -0.15) is 0 Å². The summed E-state index contributed by atoms with van der Waals surface area (Å²) in [6.45, 7) is 0.335. The lowest BCUT2D eigenvalue weighted by Gasteiger charge is -2.33. The molecule has 2 fully saturated rings. The fourth-order valence-electron chi connectivity index (χ4n) is 1.96. The van der Waals surface area contributed by atoms with Gasteiger partial charge < -0.3 is 15.3 Å². The normalized spacial score (nSPS) is 33.2. The van der Waals surface area contributed by atoms with Gasteiger partial charge in [-0.1, -0.05) is 0 Å². The van der Waals surface area contributed by atoms with Crippen LogP contribution in [0.4, 0.5) is 0 Å². The zero-order chi connectivity index (χ0) is 9.42. The van der Waals surface area contributed by atoms with Crippen LogP contribution in [0, 0.1) is 0 Å². The third kappa shape index (κ3) is 1.19. The Morgan fingerprint density at radius 1 is 1.54 bits per heavy atom. The van der Waals surface area contributed by atoms with E-state index < -0.39 is 6.04 Å². The van der Waals surface area contributed by atoms with E-state index in [0.717, 1.165) is 12.8 Å². The average molecular weight is 184 g/mol. The van der Waals surface area contributed by atoms with Crippen LogP contribution < -0.4 is 5.32 Å². The number of nitrogens with zero attached hydrogens (tertiary/aromatic N) is 1. The van der Waals surface area contributed by atoms with Gasteiger partial charge in [-0.05, 0) is 12.8 Å². The topological polar surface area (TPSA) is 69.6 Å². The van der Waals surface area contributed by atoms with Crippen molar-refractivity contribution in [3.8, 4) is 0 Å². The molecule has 2 N–H and O–H groups in total. The van der Waals surface area contributed by atoms with Crippen LogP contribution in [0.5, 0.6) is 0 Å². The molecule has 2 atom stereocenters. The predicted molar refractivity (Wildman–Crippen MR) is 43.8 cm³/mol. The van der Waals surface area contributed by atoms with Crippen molar-refractivity contribution < 1.29 is 14.7 Å². The van der Waals surface area contributed by atoms with E-state index in [1.165, 1.54) is 0 Å². The van der Waals surface area contributed by atoms with Crippen molar-refractivity contribution in [3.05, 3.63) is 0 Å². The second-order valence-corrected chi connectivity index (χ2v) is 3.43. The van der Waals surface area contributed by atoms with Crippen LogP contribution in [0.2, 0.25) is 0 Å². The maximum absolute atomic E-state index is 11.5. The number of amides is 2. The molecule has 0 aliphatic carbocycles. The first-order chi connectivity index (χ1) is 6.24. The van der Waals surface area contributed by atoms with Gasteiger partial charge in [-0.3, -0.25) is 9.59 Å². The van der Waals surface area contributed by atoms with E-state index in [2.05, 4.69) is 5.32 Å². The SMILES string of the molecule is O=C1N[C@@H](CO)C(=O)N2CCC[C@@H]12. The van der Waals surface area contributed by atoms with E-state index in [-0.39, 0.29) is 24.5 Å². The number of aliphatic hydroxyl groups is 1. The Bertz CT molecular complexity index is 254. The second-order valence-electron chi connectivity index (χ2n) is 3.43. The number of hydrogen-bond donors (Lipinski definition) is 2. The molecular weight excluding hydrogens is 172 g/mol. The van der Waals surface area contributed by atoms with Crippen LogP contribution in [-0.4, -0.2) is 47.1 Å². The van der Waals surface area contributed by atoms with Crippen LogP contribution in [-0.2, 0) is 9.59 Å². The molecule has 2 heterocycles. The fourth-order valence-corrected chi connectivity index (χ4v) is 1.96. The molecule has 0 unspecified atom stereocenters. The Labute approximate surface area is 75.7 Å². The Hall–Kier alpha value is -1.10. The van der Waals surface area contributed by atoms with Crippen molar-refractivity contribution in [3.63, 3.8) is 0 Å². The first kappa shape index (κ1) is 8.50. The Balaban J connectivity index is 2.19. The van der Waals surface area contributed by atoms with Crippen molar-refractivity contribution in [2.24, 2.45) is 0 Å². The Morgan fingerprint density at radius 2 is 2.31 bits per heavy atom. The third-order valence-corrected chi connectivity index (χ3v) is 2.64. The van der Waals surface area contributed by atoms with E-state index in [1.807, 2.05) is 0 Å². The van der Waals surface area contributed by atoms with E-state index >= 15 is 0 Å². The quantitative estimate of drug-likeness (QED) is 0.519. The van der Waals surface area contributed by atoms with Gasteiger partial charge in [0.25, 0.3) is 0 Å². The minimum Gasteiger partial charge on any atom is -0.394 e. The van der Waals surface area contributed by atoms with Gasteiger partial charge >= 0.3 is 0 Å². The van der Waals surface area contributed by atoms with Crippen LogP contribution in [0.25, 0.3) is 0 Å². The largest absolute Gasteiger partial charge is 0.394 e. The highest BCUT2D eigenvalue weighted by atomic mass is 16.3. The van der Waals surface area contributed by atoms with Gasteiger partial charge in [-0.25, -0.2) is 0 Å². The van der Waals surface area contributed by atoms with Gasteiger partial charge in [0.2, 0.25) is 11.8 Å². The lowest BCUT2D eigenvalue weighted by atomic mass is 10.1. The zero-order valence-electron chi connectivity index (χ0n) is 7.19. The molecule has 0 bridgehead atoms. The third-order valence-electron chi connectivity index (χ3n) is 2.64. The smallest absolute Gasteiger partial charge is 0.248 e. The minimum absolute atomic E-state index is 0.129. The van der Waals surface area contributed by atoms with E-state index in [4.69, 9.17) is 5.11 Å². The van der Waals surface area contributed by atoms with Crippen LogP contribution in [0.1, 0.15) is 12.8 Å². The Kier molecular flexibility index (Phi) is 1.95. The number of nitrogens with one attached hydrogen (secondary N) is 1. The maximum atomic E-state index is 11.5. The molecule has 0 radical (unpaired) electrons. The molecule has 2 rings (SSSR count). The van der Waals surface area contributed by atoms with Gasteiger partial charge in [0, 0.05) is 6.54 Å². The van der Waals surface area contributed by atoms with Crippen molar-refractivity contribution in [2.75, 3.05) is 13.2 Å². The molecule has 0 aromatic rings. The number of carbonyl (C=O) groups is 2. The maximum Gasteiger partial charge on any atom is 0.248 e. The molecule has 2 saturated heterocycles. The average Bonchev–Trinajstić information content (AvgIpc) is 2.60. The molecule has 13 heavy (non-hydrogen) atoms. The lowest BCUT2D eigenvalue weighted by Crippen LogP contribution is -2.62. The first-order valence-corrected chi connectivity index (χ1v) is 4.46. The number of aliphatic hydroxyl groups excluding tert-OH is 1. The summed E-state index contributed by atoms with van der Waals surface area (Å²) in [6.07, 6.45) is 1.62. The standard InChI is InChI=1S/C8H12N2O3/c11-4-5-8(13)10-3-1-2-6(10)7(12)9-5/h5-6,11H,1-4H2,(H,9,12)/t5-,6-/m0/s1. The second kappa shape index (κ2) is 2.99. The summed E-state index contributed by atoms with van der Waals surface area (Å²) in [5.41, 5.74) is 0. The van der Waals surface area contributed by atoms with E-state index in [1.54, 1.807) is 4.90 Å². The van der Waals surface area contributed by atoms with Crippen LogP contribution >= 0.6 is 0 Å². The highest BCUT2D eigenvalue weighted by Gasteiger charge is 2.42. The highest BCUT2D eigenvalue weighted by Crippen LogP contribution is 2.21. The predicted octanol–water partition coefficient (Wildman–Crippen LogP) is -1.53. The highest BCUT2D eigenvalue weighted by molar-refractivity contribution is 5.97. The Morgan fingerprint density at radius 3 is 3.00 bits per heavy atom. The molecule has 0 spiro atoms. The van der Waals surface area contributed by atoms with E-state index in [0.29, 0.717) is 6.54 Å². The van der Waals surface area contributed by atoms with Crippen molar-refractivity contribution >= 4 is 11.8 Å². The van der Waals surface area contributed by atoms with Crippen LogP contribution in [0.15, 0.2) is 0 Å². The minimum atomic E-state index is -0.721. The lowest BCUT2D eigenvalue weighted by molar-refractivity contribution is -0.148. The van der Waals surface area contributed by atoms with E-state index in [9.17, 15) is 9.59 Å². The van der Waals surface area contributed by atoms with Gasteiger partial charge in [0.15, 0.2) is 0 Å². The summed E-state index contributed by atoms with van der Waals surface area (Å²) in [5.74, 6) is -0.277. The van der Waals surface area contributed by atoms with Crippen molar-refractivity contribution in [1.82, 2.24) is 10.2 Å². The number of fused-ring (bicyclic) bond motifs is 1. The molecule has 2 aliphatic rings. The fraction of sp³-hybridized carbons (Fsp3) is 0.750. The van der Waals surface area contributed by atoms with Gasteiger partial charge in [0.05, 0.1) is 6.61 Å². The molecule has 0 aromatic carbocycles. The number of piperazine rings is 1. The van der Waals surface area contributed by atoms with Crippen molar-refractivity contribution in [1.29, 1.82) is 0 Å².